The van der Waals surface area contributed by atoms with Gasteiger partial charge in [0.15, 0.2) is 17.5 Å². The number of benzene rings is 1. The molecule has 0 amide bonds. The summed E-state index contributed by atoms with van der Waals surface area (Å²) in [5.74, 6) is -3.94. The van der Waals surface area contributed by atoms with E-state index >= 15 is 4.79 Å². The highest BCUT2D eigenvalue weighted by Crippen LogP contribution is 2.70. The molecule has 5 rings (SSSR count). The number of hydrogen-bond acceptors (Lipinski definition) is 9. The van der Waals surface area contributed by atoms with Crippen molar-refractivity contribution in [1.82, 2.24) is 0 Å². The Kier molecular flexibility index (Phi) is 7.73. The molecule has 240 valence electrons. The summed E-state index contributed by atoms with van der Waals surface area (Å²) in [6, 6.07) is 8.50. The minimum absolute atomic E-state index is 0.0459. The van der Waals surface area contributed by atoms with Gasteiger partial charge >= 0.3 is 17.9 Å². The summed E-state index contributed by atoms with van der Waals surface area (Å²) in [7, 11) is 0. The van der Waals surface area contributed by atoms with E-state index in [9.17, 15) is 19.5 Å². The molecule has 4 aliphatic rings. The summed E-state index contributed by atoms with van der Waals surface area (Å²) in [6.07, 6.45) is -1.41. The quantitative estimate of drug-likeness (QED) is 0.279. The second-order valence-corrected chi connectivity index (χ2v) is 14.2. The molecular weight excluding hydrogens is 564 g/mol. The number of aliphatic hydroxyl groups is 1. The van der Waals surface area contributed by atoms with Gasteiger partial charge in [0.05, 0.1) is 18.1 Å². The molecule has 0 spiro atoms. The molecule has 9 heteroatoms. The predicted molar refractivity (Wildman–Crippen MR) is 160 cm³/mol. The highest BCUT2D eigenvalue weighted by atomic mass is 16.6. The summed E-state index contributed by atoms with van der Waals surface area (Å²) in [4.78, 5) is 54.8. The molecule has 1 aromatic rings. The fourth-order valence-electron chi connectivity index (χ4n) is 9.59. The van der Waals surface area contributed by atoms with E-state index in [0.29, 0.717) is 18.4 Å². The van der Waals surface area contributed by atoms with Gasteiger partial charge in [-0.3, -0.25) is 14.4 Å². The molecule has 1 N–H and O–H groups in total. The fraction of sp³-hybridized carbons (Fsp3) is 0.657. The van der Waals surface area contributed by atoms with Gasteiger partial charge in [0.1, 0.15) is 17.3 Å². The van der Waals surface area contributed by atoms with Gasteiger partial charge in [0.2, 0.25) is 0 Å². The first-order valence-electron chi connectivity index (χ1n) is 15.7. The van der Waals surface area contributed by atoms with Crippen LogP contribution < -0.4 is 0 Å². The SMILES string of the molecule is CCC1C(C)C2(C)C(=O)[C@H](OC(C)=O)C3=C(C)CC[C@@](O)([C@@H](OC(=O)c4ccccc4)[C@@H]2[C@]2(OC(C)=O)CO[C@]12C)C3(C)C. The Morgan fingerprint density at radius 2 is 1.66 bits per heavy atom. The van der Waals surface area contributed by atoms with Crippen LogP contribution in [0.4, 0.5) is 0 Å². The number of ether oxygens (including phenoxy) is 4. The lowest BCUT2D eigenvalue weighted by Crippen LogP contribution is -2.86. The minimum atomic E-state index is -1.75. The number of esters is 3. The molecule has 0 aromatic heterocycles. The molecule has 9 atom stereocenters. The van der Waals surface area contributed by atoms with Crippen LogP contribution in [0.1, 0.15) is 91.9 Å². The molecule has 1 saturated heterocycles. The monoisotopic (exact) mass is 610 g/mol. The van der Waals surface area contributed by atoms with Crippen molar-refractivity contribution < 1.29 is 43.2 Å². The number of Topliss-reactive ketones (excluding diaryl/α,β-unsaturated/α-hetero) is 1. The Bertz CT molecular complexity index is 1410. The fourth-order valence-corrected chi connectivity index (χ4v) is 9.59. The van der Waals surface area contributed by atoms with E-state index in [-0.39, 0.29) is 30.3 Å². The van der Waals surface area contributed by atoms with E-state index < -0.39 is 69.6 Å². The van der Waals surface area contributed by atoms with Gasteiger partial charge in [0, 0.05) is 24.7 Å². The van der Waals surface area contributed by atoms with Gasteiger partial charge in [-0.1, -0.05) is 64.8 Å². The van der Waals surface area contributed by atoms with Crippen LogP contribution in [0.25, 0.3) is 0 Å². The first-order chi connectivity index (χ1) is 20.4. The molecule has 1 heterocycles. The second-order valence-electron chi connectivity index (χ2n) is 14.2. The smallest absolute Gasteiger partial charge is 0.338 e. The van der Waals surface area contributed by atoms with Crippen molar-refractivity contribution in [3.05, 3.63) is 47.0 Å². The van der Waals surface area contributed by atoms with Gasteiger partial charge in [-0.15, -0.1) is 0 Å². The highest BCUT2D eigenvalue weighted by Gasteiger charge is 2.82. The molecule has 2 bridgehead atoms. The third-order valence-corrected chi connectivity index (χ3v) is 12.0. The van der Waals surface area contributed by atoms with Crippen LogP contribution in [0.15, 0.2) is 41.5 Å². The zero-order valence-electron chi connectivity index (χ0n) is 27.3. The zero-order valence-corrected chi connectivity index (χ0v) is 27.3. The van der Waals surface area contributed by atoms with Crippen LogP contribution in [-0.4, -0.2) is 64.4 Å². The van der Waals surface area contributed by atoms with Gasteiger partial charge in [-0.25, -0.2) is 4.79 Å². The summed E-state index contributed by atoms with van der Waals surface area (Å²) in [5, 5.41) is 13.1. The van der Waals surface area contributed by atoms with Crippen molar-refractivity contribution in [3.63, 3.8) is 0 Å². The van der Waals surface area contributed by atoms with Crippen molar-refractivity contribution in [2.75, 3.05) is 6.61 Å². The van der Waals surface area contributed by atoms with Crippen molar-refractivity contribution >= 4 is 23.7 Å². The Balaban J connectivity index is 1.88. The Morgan fingerprint density at radius 3 is 2.18 bits per heavy atom. The number of fused-ring (bicyclic) bond motifs is 5. The van der Waals surface area contributed by atoms with E-state index in [4.69, 9.17) is 18.9 Å². The molecule has 3 aliphatic carbocycles. The molecule has 9 nitrogen and oxygen atoms in total. The van der Waals surface area contributed by atoms with Crippen molar-refractivity contribution in [3.8, 4) is 0 Å². The van der Waals surface area contributed by atoms with Crippen LogP contribution in [0.3, 0.4) is 0 Å². The Morgan fingerprint density at radius 1 is 1.02 bits per heavy atom. The van der Waals surface area contributed by atoms with E-state index in [0.717, 1.165) is 5.57 Å². The van der Waals surface area contributed by atoms with E-state index in [1.165, 1.54) is 13.8 Å². The lowest BCUT2D eigenvalue weighted by atomic mass is 9.39. The van der Waals surface area contributed by atoms with Gasteiger partial charge in [-0.05, 0) is 56.2 Å². The standard InChI is InChI=1S/C35H46O9/c1-10-24-20(3)32(8)27(35(44-22(5)37)18-41-33(24,35)9)29(43-30(39)23-14-12-11-13-15-23)34(40)17-16-19(2)25(31(34,6)7)26(28(32)38)42-21(4)36/h11-15,20,24,26-27,29,40H,10,16-18H2,1-9H3/t20?,24?,26-,27+,29+,32?,33-,34-,35-/m1/s1. The van der Waals surface area contributed by atoms with Gasteiger partial charge in [-0.2, -0.15) is 0 Å². The third-order valence-electron chi connectivity index (χ3n) is 12.0. The van der Waals surface area contributed by atoms with Crippen LogP contribution in [-0.2, 0) is 33.3 Å². The minimum Gasteiger partial charge on any atom is -0.455 e. The summed E-state index contributed by atoms with van der Waals surface area (Å²) < 4.78 is 25.0. The Labute approximate surface area is 259 Å². The summed E-state index contributed by atoms with van der Waals surface area (Å²) >= 11 is 0. The van der Waals surface area contributed by atoms with Crippen LogP contribution in [0.5, 0.6) is 0 Å². The van der Waals surface area contributed by atoms with E-state index in [1.54, 1.807) is 51.1 Å². The largest absolute Gasteiger partial charge is 0.455 e. The number of ketones is 1. The molecule has 1 aromatic carbocycles. The number of hydrogen-bond donors (Lipinski definition) is 1. The number of carbonyl (C=O) groups is 4. The van der Waals surface area contributed by atoms with E-state index in [1.807, 2.05) is 27.7 Å². The molecule has 44 heavy (non-hydrogen) atoms. The molecule has 1 aliphatic heterocycles. The maximum absolute atomic E-state index is 15.3. The average Bonchev–Trinajstić information content (AvgIpc) is 2.95. The topological polar surface area (TPSA) is 125 Å². The van der Waals surface area contributed by atoms with E-state index in [2.05, 4.69) is 0 Å². The predicted octanol–water partition coefficient (Wildman–Crippen LogP) is 4.98. The summed E-state index contributed by atoms with van der Waals surface area (Å²) in [5.41, 5.74) is -5.17. The first-order valence-corrected chi connectivity index (χ1v) is 15.7. The van der Waals surface area contributed by atoms with Gasteiger partial charge < -0.3 is 24.1 Å². The molecular formula is C35H46O9. The molecule has 3 fully saturated rings. The Hall–Kier alpha value is -3.04. The van der Waals surface area contributed by atoms with Gasteiger partial charge in [0.25, 0.3) is 0 Å². The van der Waals surface area contributed by atoms with Crippen molar-refractivity contribution in [1.29, 1.82) is 0 Å². The average molecular weight is 611 g/mol. The third kappa shape index (κ3) is 4.10. The molecule has 3 unspecified atom stereocenters. The summed E-state index contributed by atoms with van der Waals surface area (Å²) in [6.45, 7) is 15.7. The van der Waals surface area contributed by atoms with Crippen LogP contribution >= 0.6 is 0 Å². The second kappa shape index (κ2) is 10.5. The van der Waals surface area contributed by atoms with Crippen LogP contribution in [0.2, 0.25) is 0 Å². The number of allylic oxidation sites excluding steroid dienone is 1. The maximum Gasteiger partial charge on any atom is 0.338 e. The normalized spacial score (nSPS) is 40.8. The number of rotatable bonds is 5. The highest BCUT2D eigenvalue weighted by molar-refractivity contribution is 5.95. The first kappa shape index (κ1) is 32.4. The maximum atomic E-state index is 15.3. The van der Waals surface area contributed by atoms with Crippen LogP contribution in [0, 0.1) is 28.6 Å². The zero-order chi connectivity index (χ0) is 32.6. The molecule has 0 radical (unpaired) electrons. The lowest BCUT2D eigenvalue weighted by Gasteiger charge is -2.73. The van der Waals surface area contributed by atoms with Crippen molar-refractivity contribution in [2.45, 2.75) is 111 Å². The number of carbonyl (C=O) groups excluding carboxylic acids is 4. The molecule has 2 saturated carbocycles. The van der Waals surface area contributed by atoms with Crippen molar-refractivity contribution in [2.24, 2.45) is 28.6 Å². The lowest BCUT2D eigenvalue weighted by molar-refractivity contribution is -0.396.